The number of rotatable bonds is 6. The van der Waals surface area contributed by atoms with Crippen molar-refractivity contribution in [2.45, 2.75) is 19.3 Å². The summed E-state index contributed by atoms with van der Waals surface area (Å²) in [5.41, 5.74) is 3.57. The summed E-state index contributed by atoms with van der Waals surface area (Å²) < 4.78 is 15.3. The molecule has 29 heavy (non-hydrogen) atoms. The number of anilines is 1. The summed E-state index contributed by atoms with van der Waals surface area (Å²) >= 11 is 0. The first kappa shape index (κ1) is 18.8. The van der Waals surface area contributed by atoms with E-state index in [1.807, 2.05) is 18.2 Å². The Morgan fingerprint density at radius 1 is 0.966 bits per heavy atom. The summed E-state index contributed by atoms with van der Waals surface area (Å²) in [6.07, 6.45) is 3.21. The molecule has 0 unspecified atom stereocenters. The average Bonchev–Trinajstić information content (AvgIpc) is 3.38. The number of esters is 1. The Morgan fingerprint density at radius 2 is 1.79 bits per heavy atom. The van der Waals surface area contributed by atoms with Crippen molar-refractivity contribution >= 4 is 23.5 Å². The standard InChI is InChI=1S/C21H20N2O6/c24-19(23-16-6-4-13-2-1-3-14(13)8-16)11-27-20(25)10-22-21(26)15-5-7-17-18(9-15)29-12-28-17/h4-9H,1-3,10-12H2,(H,22,26)(H,23,24). The smallest absolute Gasteiger partial charge is 0.325 e. The quantitative estimate of drug-likeness (QED) is 0.722. The zero-order valence-electron chi connectivity index (χ0n) is 15.7. The Bertz CT molecular complexity index is 972. The lowest BCUT2D eigenvalue weighted by Crippen LogP contribution is -2.32. The summed E-state index contributed by atoms with van der Waals surface area (Å²) in [4.78, 5) is 35.9. The minimum atomic E-state index is -0.705. The zero-order valence-corrected chi connectivity index (χ0v) is 15.7. The van der Waals surface area contributed by atoms with Gasteiger partial charge in [-0.05, 0) is 60.7 Å². The van der Waals surface area contributed by atoms with E-state index in [4.69, 9.17) is 14.2 Å². The molecule has 1 aliphatic carbocycles. The van der Waals surface area contributed by atoms with Gasteiger partial charge in [-0.2, -0.15) is 0 Å². The third-order valence-corrected chi connectivity index (χ3v) is 4.77. The Labute approximate surface area is 167 Å². The number of ether oxygens (including phenoxy) is 3. The summed E-state index contributed by atoms with van der Waals surface area (Å²) in [5.74, 6) is -0.553. The molecule has 0 radical (unpaired) electrons. The fourth-order valence-electron chi connectivity index (χ4n) is 3.34. The zero-order chi connectivity index (χ0) is 20.2. The molecule has 8 nitrogen and oxygen atoms in total. The maximum Gasteiger partial charge on any atom is 0.325 e. The Kier molecular flexibility index (Phi) is 5.33. The van der Waals surface area contributed by atoms with Gasteiger partial charge in [-0.15, -0.1) is 0 Å². The normalized spacial score (nSPS) is 13.5. The molecule has 4 rings (SSSR count). The van der Waals surface area contributed by atoms with Crippen molar-refractivity contribution in [3.05, 3.63) is 53.1 Å². The maximum absolute atomic E-state index is 12.1. The van der Waals surface area contributed by atoms with Gasteiger partial charge in [0.2, 0.25) is 6.79 Å². The number of nitrogens with one attached hydrogen (secondary N) is 2. The fraction of sp³-hybridized carbons (Fsp3) is 0.286. The lowest BCUT2D eigenvalue weighted by atomic mass is 10.1. The van der Waals surface area contributed by atoms with Crippen molar-refractivity contribution in [2.75, 3.05) is 25.3 Å². The van der Waals surface area contributed by atoms with Gasteiger partial charge in [0, 0.05) is 11.3 Å². The second-order valence-electron chi connectivity index (χ2n) is 6.80. The topological polar surface area (TPSA) is 103 Å². The summed E-state index contributed by atoms with van der Waals surface area (Å²) in [5, 5.41) is 5.16. The number of aryl methyl sites for hydroxylation is 2. The van der Waals surface area contributed by atoms with Crippen LogP contribution >= 0.6 is 0 Å². The number of hydrogen-bond donors (Lipinski definition) is 2. The van der Waals surface area contributed by atoms with E-state index in [1.165, 1.54) is 17.2 Å². The van der Waals surface area contributed by atoms with Crippen LogP contribution in [0.15, 0.2) is 36.4 Å². The highest BCUT2D eigenvalue weighted by Gasteiger charge is 2.17. The number of carbonyl (C=O) groups excluding carboxylic acids is 3. The van der Waals surface area contributed by atoms with E-state index in [1.54, 1.807) is 12.1 Å². The van der Waals surface area contributed by atoms with Crippen LogP contribution in [0.3, 0.4) is 0 Å². The minimum absolute atomic E-state index is 0.111. The van der Waals surface area contributed by atoms with E-state index in [9.17, 15) is 14.4 Å². The van der Waals surface area contributed by atoms with Gasteiger partial charge in [0.15, 0.2) is 18.1 Å². The van der Waals surface area contributed by atoms with E-state index < -0.39 is 24.4 Å². The molecule has 0 fully saturated rings. The van der Waals surface area contributed by atoms with Gasteiger partial charge in [0.1, 0.15) is 6.54 Å². The number of benzene rings is 2. The van der Waals surface area contributed by atoms with Gasteiger partial charge in [-0.3, -0.25) is 14.4 Å². The summed E-state index contributed by atoms with van der Waals surface area (Å²) in [6, 6.07) is 10.5. The van der Waals surface area contributed by atoms with E-state index in [2.05, 4.69) is 10.6 Å². The molecular formula is C21H20N2O6. The highest BCUT2D eigenvalue weighted by Crippen LogP contribution is 2.32. The van der Waals surface area contributed by atoms with Gasteiger partial charge in [-0.1, -0.05) is 6.07 Å². The molecule has 0 saturated heterocycles. The lowest BCUT2D eigenvalue weighted by Gasteiger charge is -2.09. The number of hydrogen-bond acceptors (Lipinski definition) is 6. The van der Waals surface area contributed by atoms with E-state index in [-0.39, 0.29) is 13.3 Å². The third kappa shape index (κ3) is 4.48. The molecule has 2 aliphatic rings. The van der Waals surface area contributed by atoms with Crippen LogP contribution in [0.2, 0.25) is 0 Å². The van der Waals surface area contributed by atoms with Crippen molar-refractivity contribution in [2.24, 2.45) is 0 Å². The number of carbonyl (C=O) groups is 3. The largest absolute Gasteiger partial charge is 0.454 e. The molecule has 150 valence electrons. The molecule has 2 amide bonds. The average molecular weight is 396 g/mol. The van der Waals surface area contributed by atoms with Gasteiger partial charge in [0.25, 0.3) is 11.8 Å². The minimum Gasteiger partial charge on any atom is -0.454 e. The van der Waals surface area contributed by atoms with E-state index in [0.717, 1.165) is 19.3 Å². The molecule has 8 heteroatoms. The maximum atomic E-state index is 12.1. The highest BCUT2D eigenvalue weighted by atomic mass is 16.7. The molecule has 1 heterocycles. The molecule has 0 bridgehead atoms. The number of fused-ring (bicyclic) bond motifs is 2. The predicted molar refractivity (Wildman–Crippen MR) is 103 cm³/mol. The first-order valence-electron chi connectivity index (χ1n) is 9.33. The Hall–Kier alpha value is -3.55. The molecule has 1 aliphatic heterocycles. The lowest BCUT2D eigenvalue weighted by molar-refractivity contribution is -0.146. The summed E-state index contributed by atoms with van der Waals surface area (Å²) in [7, 11) is 0. The second kappa shape index (κ2) is 8.22. The van der Waals surface area contributed by atoms with Crippen LogP contribution in [-0.4, -0.2) is 37.7 Å². The van der Waals surface area contributed by atoms with Crippen LogP contribution in [-0.2, 0) is 27.2 Å². The van der Waals surface area contributed by atoms with Gasteiger partial charge >= 0.3 is 5.97 Å². The van der Waals surface area contributed by atoms with Crippen LogP contribution in [0.5, 0.6) is 11.5 Å². The number of amides is 2. The highest BCUT2D eigenvalue weighted by molar-refractivity contribution is 5.97. The van der Waals surface area contributed by atoms with E-state index in [0.29, 0.717) is 22.7 Å². The van der Waals surface area contributed by atoms with Crippen molar-refractivity contribution in [3.63, 3.8) is 0 Å². The van der Waals surface area contributed by atoms with Gasteiger partial charge < -0.3 is 24.8 Å². The van der Waals surface area contributed by atoms with Crippen molar-refractivity contribution in [1.82, 2.24) is 5.32 Å². The van der Waals surface area contributed by atoms with Crippen LogP contribution in [0.25, 0.3) is 0 Å². The van der Waals surface area contributed by atoms with Crippen LogP contribution < -0.4 is 20.1 Å². The SMILES string of the molecule is O=C(COC(=O)CNC(=O)c1ccc2c(c1)OCO2)Nc1ccc2c(c1)CCC2. The van der Waals surface area contributed by atoms with Crippen LogP contribution in [0, 0.1) is 0 Å². The molecule has 2 aromatic carbocycles. The van der Waals surface area contributed by atoms with Crippen molar-refractivity contribution in [3.8, 4) is 11.5 Å². The fourth-order valence-corrected chi connectivity index (χ4v) is 3.34. The second-order valence-corrected chi connectivity index (χ2v) is 6.80. The Balaban J connectivity index is 1.20. The van der Waals surface area contributed by atoms with Crippen molar-refractivity contribution < 1.29 is 28.6 Å². The molecule has 0 aromatic heterocycles. The third-order valence-electron chi connectivity index (χ3n) is 4.77. The van der Waals surface area contributed by atoms with Crippen LogP contribution in [0.1, 0.15) is 27.9 Å². The molecule has 0 atom stereocenters. The van der Waals surface area contributed by atoms with Crippen LogP contribution in [0.4, 0.5) is 5.69 Å². The molecule has 0 spiro atoms. The van der Waals surface area contributed by atoms with Gasteiger partial charge in [0.05, 0.1) is 0 Å². The first-order valence-corrected chi connectivity index (χ1v) is 9.33. The molecule has 2 aromatic rings. The molecule has 0 saturated carbocycles. The molecule has 2 N–H and O–H groups in total. The Morgan fingerprint density at radius 3 is 2.69 bits per heavy atom. The monoisotopic (exact) mass is 396 g/mol. The summed E-state index contributed by atoms with van der Waals surface area (Å²) in [6.45, 7) is -0.657. The molecular weight excluding hydrogens is 376 g/mol. The first-order chi connectivity index (χ1) is 14.1. The predicted octanol–water partition coefficient (Wildman–Crippen LogP) is 1.82. The van der Waals surface area contributed by atoms with Gasteiger partial charge in [-0.25, -0.2) is 0 Å². The van der Waals surface area contributed by atoms with E-state index >= 15 is 0 Å². The van der Waals surface area contributed by atoms with Crippen molar-refractivity contribution in [1.29, 1.82) is 0 Å².